The zero-order valence-electron chi connectivity index (χ0n) is 13.8. The molecule has 0 atom stereocenters. The van der Waals surface area contributed by atoms with E-state index in [9.17, 15) is 0 Å². The Balaban J connectivity index is 2.01. The lowest BCUT2D eigenvalue weighted by Gasteiger charge is -2.11. The largest absolute Gasteiger partial charge is 0.278 e. The van der Waals surface area contributed by atoms with E-state index < -0.39 is 0 Å². The smallest absolute Gasteiger partial charge is 0.0977 e. The molecule has 3 aromatic carbocycles. The maximum absolute atomic E-state index is 4.72. The quantitative estimate of drug-likeness (QED) is 0.441. The summed E-state index contributed by atoms with van der Waals surface area (Å²) >= 11 is 3.49. The fourth-order valence-corrected chi connectivity index (χ4v) is 2.75. The van der Waals surface area contributed by atoms with Crippen molar-refractivity contribution in [3.63, 3.8) is 0 Å². The number of nitrogens with zero attached hydrogens (tertiary/aromatic N) is 1. The van der Waals surface area contributed by atoms with Crippen molar-refractivity contribution in [2.24, 2.45) is 5.10 Å². The lowest BCUT2D eigenvalue weighted by Crippen LogP contribution is -2.07. The van der Waals surface area contributed by atoms with Crippen LogP contribution >= 0.6 is 15.9 Å². The fraction of sp³-hybridized carbons (Fsp3) is 0.0952. The molecule has 0 spiro atoms. The Bertz CT molecular complexity index is 853. The highest BCUT2D eigenvalue weighted by atomic mass is 79.9. The van der Waals surface area contributed by atoms with Gasteiger partial charge in [0, 0.05) is 15.6 Å². The Labute approximate surface area is 151 Å². The molecule has 0 bridgehead atoms. The number of nitrogens with one attached hydrogen (secondary N) is 1. The molecule has 3 rings (SSSR count). The molecule has 0 saturated carbocycles. The van der Waals surface area contributed by atoms with Crippen LogP contribution in [-0.4, -0.2) is 5.71 Å². The monoisotopic (exact) mass is 378 g/mol. The summed E-state index contributed by atoms with van der Waals surface area (Å²) < 4.78 is 1.06. The summed E-state index contributed by atoms with van der Waals surface area (Å²) in [5.74, 6) is 0. The van der Waals surface area contributed by atoms with Gasteiger partial charge in [-0.05, 0) is 43.2 Å². The molecule has 0 fully saturated rings. The van der Waals surface area contributed by atoms with Crippen LogP contribution in [0.3, 0.4) is 0 Å². The molecule has 0 amide bonds. The number of hydrogen-bond acceptors (Lipinski definition) is 2. The van der Waals surface area contributed by atoms with Crippen molar-refractivity contribution in [2.75, 3.05) is 5.43 Å². The maximum Gasteiger partial charge on any atom is 0.0977 e. The molecule has 24 heavy (non-hydrogen) atoms. The molecule has 2 nitrogen and oxygen atoms in total. The number of hydrogen-bond donors (Lipinski definition) is 1. The van der Waals surface area contributed by atoms with E-state index in [0.717, 1.165) is 27.0 Å². The second kappa shape index (κ2) is 7.45. The van der Waals surface area contributed by atoms with Crippen molar-refractivity contribution in [1.82, 2.24) is 0 Å². The average molecular weight is 379 g/mol. The van der Waals surface area contributed by atoms with Crippen LogP contribution in [-0.2, 0) is 0 Å². The number of benzene rings is 3. The van der Waals surface area contributed by atoms with E-state index in [2.05, 4.69) is 71.6 Å². The van der Waals surface area contributed by atoms with Crippen LogP contribution in [0.25, 0.3) is 0 Å². The molecule has 0 aliphatic rings. The topological polar surface area (TPSA) is 24.4 Å². The van der Waals surface area contributed by atoms with E-state index >= 15 is 0 Å². The summed E-state index contributed by atoms with van der Waals surface area (Å²) in [6.45, 7) is 4.21. The van der Waals surface area contributed by atoms with Crippen LogP contribution in [0.5, 0.6) is 0 Å². The number of anilines is 1. The highest BCUT2D eigenvalue weighted by Gasteiger charge is 2.08. The van der Waals surface area contributed by atoms with Crippen molar-refractivity contribution >= 4 is 27.3 Å². The first-order valence-electron chi connectivity index (χ1n) is 7.86. The van der Waals surface area contributed by atoms with Gasteiger partial charge in [0.15, 0.2) is 0 Å². The van der Waals surface area contributed by atoms with Crippen molar-refractivity contribution in [2.45, 2.75) is 13.8 Å². The Morgan fingerprint density at radius 2 is 1.46 bits per heavy atom. The highest BCUT2D eigenvalue weighted by molar-refractivity contribution is 9.10. The minimum atomic E-state index is 0.920. The molecule has 0 unspecified atom stereocenters. The van der Waals surface area contributed by atoms with Gasteiger partial charge in [-0.2, -0.15) is 5.10 Å². The summed E-state index contributed by atoms with van der Waals surface area (Å²) in [5.41, 5.74) is 9.81. The van der Waals surface area contributed by atoms with Crippen molar-refractivity contribution in [3.05, 3.63) is 99.5 Å². The molecule has 0 aliphatic heterocycles. The van der Waals surface area contributed by atoms with E-state index in [1.807, 2.05) is 36.4 Å². The molecule has 0 aliphatic carbocycles. The van der Waals surface area contributed by atoms with E-state index in [1.165, 1.54) is 11.1 Å². The predicted octanol–water partition coefficient (Wildman–Crippen LogP) is 5.93. The van der Waals surface area contributed by atoms with Gasteiger partial charge in [0.05, 0.1) is 11.4 Å². The number of rotatable bonds is 4. The first-order chi connectivity index (χ1) is 11.6. The molecule has 0 radical (unpaired) electrons. The number of hydrazone groups is 1. The molecular formula is C21H19BrN2. The maximum atomic E-state index is 4.72. The van der Waals surface area contributed by atoms with E-state index in [4.69, 9.17) is 5.10 Å². The van der Waals surface area contributed by atoms with Gasteiger partial charge in [-0.25, -0.2) is 0 Å². The molecule has 1 N–H and O–H groups in total. The van der Waals surface area contributed by atoms with Crippen LogP contribution in [0.4, 0.5) is 5.69 Å². The minimum Gasteiger partial charge on any atom is -0.278 e. The van der Waals surface area contributed by atoms with Crippen molar-refractivity contribution in [1.29, 1.82) is 0 Å². The average Bonchev–Trinajstić information content (AvgIpc) is 2.61. The van der Waals surface area contributed by atoms with Gasteiger partial charge in [0.25, 0.3) is 0 Å². The Morgan fingerprint density at radius 1 is 0.792 bits per heavy atom. The fourth-order valence-electron chi connectivity index (χ4n) is 2.49. The normalized spacial score (nSPS) is 11.4. The zero-order chi connectivity index (χ0) is 16.9. The van der Waals surface area contributed by atoms with Gasteiger partial charge in [-0.3, -0.25) is 5.43 Å². The van der Waals surface area contributed by atoms with Gasteiger partial charge in [0.1, 0.15) is 0 Å². The number of halogens is 1. The highest BCUT2D eigenvalue weighted by Crippen LogP contribution is 2.20. The van der Waals surface area contributed by atoms with E-state index in [-0.39, 0.29) is 0 Å². The Morgan fingerprint density at radius 3 is 2.17 bits per heavy atom. The van der Waals surface area contributed by atoms with Crippen molar-refractivity contribution < 1.29 is 0 Å². The Kier molecular flexibility index (Phi) is 5.11. The van der Waals surface area contributed by atoms with Gasteiger partial charge in [-0.15, -0.1) is 0 Å². The third-order valence-corrected chi connectivity index (χ3v) is 4.59. The van der Waals surface area contributed by atoms with Crippen LogP contribution in [0, 0.1) is 13.8 Å². The van der Waals surface area contributed by atoms with Crippen LogP contribution < -0.4 is 5.43 Å². The lowest BCUT2D eigenvalue weighted by atomic mass is 10.0. The molecule has 0 heterocycles. The first kappa shape index (κ1) is 16.5. The Hall–Kier alpha value is -2.39. The first-order valence-corrected chi connectivity index (χ1v) is 8.66. The molecule has 120 valence electrons. The summed E-state index contributed by atoms with van der Waals surface area (Å²) in [7, 11) is 0. The van der Waals surface area contributed by atoms with Gasteiger partial charge in [0.2, 0.25) is 0 Å². The summed E-state index contributed by atoms with van der Waals surface area (Å²) in [6, 6.07) is 24.6. The standard InChI is InChI=1S/C21H19BrN2/c1-15-7-6-10-20(16(15)2)23-24-21(17-8-4-3-5-9-17)18-11-13-19(22)14-12-18/h3-14,23H,1-2H3/b24-21+. The predicted molar refractivity (Wildman–Crippen MR) is 106 cm³/mol. The lowest BCUT2D eigenvalue weighted by molar-refractivity contribution is 1.26. The molecule has 3 aromatic rings. The van der Waals surface area contributed by atoms with Crippen LogP contribution in [0.1, 0.15) is 22.3 Å². The third kappa shape index (κ3) is 3.74. The van der Waals surface area contributed by atoms with Gasteiger partial charge >= 0.3 is 0 Å². The zero-order valence-corrected chi connectivity index (χ0v) is 15.3. The van der Waals surface area contributed by atoms with Gasteiger partial charge < -0.3 is 0 Å². The van der Waals surface area contributed by atoms with E-state index in [0.29, 0.717) is 0 Å². The second-order valence-corrected chi connectivity index (χ2v) is 6.61. The molecule has 0 saturated heterocycles. The SMILES string of the molecule is Cc1cccc(N/N=C(\c2ccccc2)c2ccc(Br)cc2)c1C. The second-order valence-electron chi connectivity index (χ2n) is 5.69. The third-order valence-electron chi connectivity index (χ3n) is 4.06. The molecular weight excluding hydrogens is 360 g/mol. The summed E-state index contributed by atoms with van der Waals surface area (Å²) in [4.78, 5) is 0. The number of aryl methyl sites for hydroxylation is 1. The minimum absolute atomic E-state index is 0.920. The molecule has 3 heteroatoms. The molecule has 0 aromatic heterocycles. The summed E-state index contributed by atoms with van der Waals surface area (Å²) in [5, 5.41) is 4.72. The van der Waals surface area contributed by atoms with Crippen LogP contribution in [0.2, 0.25) is 0 Å². The van der Waals surface area contributed by atoms with Crippen LogP contribution in [0.15, 0.2) is 82.4 Å². The van der Waals surface area contributed by atoms with E-state index in [1.54, 1.807) is 0 Å². The van der Waals surface area contributed by atoms with Gasteiger partial charge in [-0.1, -0.05) is 70.5 Å². The van der Waals surface area contributed by atoms with Crippen molar-refractivity contribution in [3.8, 4) is 0 Å². The summed E-state index contributed by atoms with van der Waals surface area (Å²) in [6.07, 6.45) is 0.